The molecule has 2 heterocycles. The van der Waals surface area contributed by atoms with Gasteiger partial charge in [-0.15, -0.1) is 0 Å². The van der Waals surface area contributed by atoms with Crippen molar-refractivity contribution in [2.75, 3.05) is 0 Å². The molecule has 0 saturated carbocycles. The molecule has 0 amide bonds. The van der Waals surface area contributed by atoms with Crippen LogP contribution >= 0.6 is 11.8 Å². The Hall–Kier alpha value is -1.98. The third-order valence-corrected chi connectivity index (χ3v) is 4.05. The number of benzene rings is 1. The Morgan fingerprint density at radius 3 is 2.80 bits per heavy atom. The Morgan fingerprint density at radius 1 is 1.15 bits per heavy atom. The lowest BCUT2D eigenvalue weighted by atomic mass is 10.1. The number of para-hydroxylation sites is 1. The highest BCUT2D eigenvalue weighted by Crippen LogP contribution is 2.33. The molecule has 0 radical (unpaired) electrons. The van der Waals surface area contributed by atoms with Crippen molar-refractivity contribution in [3.63, 3.8) is 0 Å². The minimum Gasteiger partial charge on any atom is -0.326 e. The highest BCUT2D eigenvalue weighted by atomic mass is 32.2. The number of nitrogens with two attached hydrogens (primary N) is 1. The van der Waals surface area contributed by atoms with Gasteiger partial charge in [0.1, 0.15) is 0 Å². The van der Waals surface area contributed by atoms with E-state index in [0.717, 1.165) is 32.2 Å². The summed E-state index contributed by atoms with van der Waals surface area (Å²) in [7, 11) is 0. The van der Waals surface area contributed by atoms with Crippen LogP contribution < -0.4 is 5.73 Å². The van der Waals surface area contributed by atoms with Gasteiger partial charge in [0, 0.05) is 34.9 Å². The van der Waals surface area contributed by atoms with Gasteiger partial charge in [-0.1, -0.05) is 18.2 Å². The lowest BCUT2D eigenvalue weighted by Gasteiger charge is -2.10. The van der Waals surface area contributed by atoms with Crippen molar-refractivity contribution in [1.29, 1.82) is 0 Å². The zero-order chi connectivity index (χ0) is 13.9. The molecular weight excluding hydrogens is 268 g/mol. The predicted octanol–water partition coefficient (Wildman–Crippen LogP) is 2.94. The second-order valence-corrected chi connectivity index (χ2v) is 5.39. The van der Waals surface area contributed by atoms with Crippen LogP contribution in [0, 0.1) is 6.92 Å². The molecule has 100 valence electrons. The van der Waals surface area contributed by atoms with E-state index in [0.29, 0.717) is 6.54 Å². The molecule has 0 fully saturated rings. The standard InChI is InChI=1S/C15H14N4S/c1-10-6-7-17-15(19-10)20-14-11(8-16)9-18-13-5-3-2-4-12(13)14/h2-7,9H,8,16H2,1H3. The van der Waals surface area contributed by atoms with Crippen molar-refractivity contribution in [3.05, 3.63) is 54.0 Å². The highest BCUT2D eigenvalue weighted by Gasteiger charge is 2.11. The van der Waals surface area contributed by atoms with E-state index in [2.05, 4.69) is 21.0 Å². The third-order valence-electron chi connectivity index (χ3n) is 2.99. The number of pyridine rings is 1. The quantitative estimate of drug-likeness (QED) is 0.748. The van der Waals surface area contributed by atoms with Crippen molar-refractivity contribution in [3.8, 4) is 0 Å². The SMILES string of the molecule is Cc1ccnc(Sc2c(CN)cnc3ccccc23)n1. The molecule has 0 saturated heterocycles. The average molecular weight is 282 g/mol. The average Bonchev–Trinajstić information content (AvgIpc) is 2.48. The molecule has 0 atom stereocenters. The number of rotatable bonds is 3. The monoisotopic (exact) mass is 282 g/mol. The predicted molar refractivity (Wildman–Crippen MR) is 80.5 cm³/mol. The summed E-state index contributed by atoms with van der Waals surface area (Å²) in [6.45, 7) is 2.41. The molecule has 20 heavy (non-hydrogen) atoms. The topological polar surface area (TPSA) is 64.7 Å². The molecule has 2 aromatic heterocycles. The zero-order valence-corrected chi connectivity index (χ0v) is 11.9. The fourth-order valence-corrected chi connectivity index (χ4v) is 3.03. The first-order chi connectivity index (χ1) is 9.78. The van der Waals surface area contributed by atoms with E-state index in [1.165, 1.54) is 0 Å². The van der Waals surface area contributed by atoms with Gasteiger partial charge >= 0.3 is 0 Å². The summed E-state index contributed by atoms with van der Waals surface area (Å²) in [5, 5.41) is 1.82. The fourth-order valence-electron chi connectivity index (χ4n) is 1.99. The molecule has 3 rings (SSSR count). The van der Waals surface area contributed by atoms with Gasteiger partial charge in [0.15, 0.2) is 5.16 Å². The first-order valence-corrected chi connectivity index (χ1v) is 7.14. The zero-order valence-electron chi connectivity index (χ0n) is 11.1. The molecule has 4 nitrogen and oxygen atoms in total. The highest BCUT2D eigenvalue weighted by molar-refractivity contribution is 7.99. The molecule has 0 aliphatic rings. The van der Waals surface area contributed by atoms with E-state index in [1.807, 2.05) is 37.4 Å². The molecule has 1 aromatic carbocycles. The van der Waals surface area contributed by atoms with E-state index in [9.17, 15) is 0 Å². The second-order valence-electron chi connectivity index (χ2n) is 4.42. The van der Waals surface area contributed by atoms with Gasteiger partial charge in [0.2, 0.25) is 0 Å². The summed E-state index contributed by atoms with van der Waals surface area (Å²) in [5.74, 6) is 0. The van der Waals surface area contributed by atoms with Gasteiger partial charge < -0.3 is 5.73 Å². The van der Waals surface area contributed by atoms with Crippen LogP contribution in [-0.2, 0) is 6.54 Å². The number of fused-ring (bicyclic) bond motifs is 1. The number of hydrogen-bond donors (Lipinski definition) is 1. The number of nitrogens with zero attached hydrogens (tertiary/aromatic N) is 3. The van der Waals surface area contributed by atoms with Crippen LogP contribution in [0.1, 0.15) is 11.3 Å². The van der Waals surface area contributed by atoms with Gasteiger partial charge in [0.05, 0.1) is 5.52 Å². The van der Waals surface area contributed by atoms with Crippen LogP contribution in [0.15, 0.2) is 52.8 Å². The van der Waals surface area contributed by atoms with Crippen LogP contribution in [0.5, 0.6) is 0 Å². The molecule has 0 unspecified atom stereocenters. The summed E-state index contributed by atoms with van der Waals surface area (Å²) in [6.07, 6.45) is 3.61. The largest absolute Gasteiger partial charge is 0.326 e. The second kappa shape index (κ2) is 5.56. The number of aromatic nitrogens is 3. The Kier molecular flexibility index (Phi) is 3.62. The molecule has 0 spiro atoms. The molecule has 0 aliphatic heterocycles. The lowest BCUT2D eigenvalue weighted by molar-refractivity contribution is 0.929. The van der Waals surface area contributed by atoms with Gasteiger partial charge in [-0.2, -0.15) is 0 Å². The Labute approximate surface area is 121 Å². The van der Waals surface area contributed by atoms with Gasteiger partial charge in [0.25, 0.3) is 0 Å². The summed E-state index contributed by atoms with van der Waals surface area (Å²) in [6, 6.07) is 9.93. The smallest absolute Gasteiger partial charge is 0.192 e. The molecular formula is C15H14N4S. The van der Waals surface area contributed by atoms with Crippen molar-refractivity contribution in [1.82, 2.24) is 15.0 Å². The summed E-state index contributed by atoms with van der Waals surface area (Å²) >= 11 is 1.54. The first kappa shape index (κ1) is 13.0. The van der Waals surface area contributed by atoms with Crippen LogP contribution in [0.2, 0.25) is 0 Å². The van der Waals surface area contributed by atoms with Crippen molar-refractivity contribution < 1.29 is 0 Å². The van der Waals surface area contributed by atoms with E-state index < -0.39 is 0 Å². The van der Waals surface area contributed by atoms with Crippen LogP contribution in [0.3, 0.4) is 0 Å². The van der Waals surface area contributed by atoms with E-state index in [4.69, 9.17) is 5.73 Å². The molecule has 5 heteroatoms. The lowest BCUT2D eigenvalue weighted by Crippen LogP contribution is -2.01. The Bertz CT molecular complexity index is 758. The Balaban J connectivity index is 2.13. The van der Waals surface area contributed by atoms with Gasteiger partial charge in [-0.25, -0.2) is 9.97 Å². The number of hydrogen-bond acceptors (Lipinski definition) is 5. The van der Waals surface area contributed by atoms with E-state index in [1.54, 1.807) is 18.0 Å². The minimum atomic E-state index is 0.450. The third kappa shape index (κ3) is 2.50. The molecule has 2 N–H and O–H groups in total. The summed E-state index contributed by atoms with van der Waals surface area (Å²) < 4.78 is 0. The van der Waals surface area contributed by atoms with Crippen molar-refractivity contribution >= 4 is 22.7 Å². The van der Waals surface area contributed by atoms with Gasteiger partial charge in [-0.05, 0) is 36.4 Å². The van der Waals surface area contributed by atoms with Gasteiger partial charge in [-0.3, -0.25) is 4.98 Å². The van der Waals surface area contributed by atoms with Crippen molar-refractivity contribution in [2.45, 2.75) is 23.5 Å². The first-order valence-electron chi connectivity index (χ1n) is 6.32. The van der Waals surface area contributed by atoms with E-state index >= 15 is 0 Å². The molecule has 0 bridgehead atoms. The maximum atomic E-state index is 5.83. The number of aryl methyl sites for hydroxylation is 1. The van der Waals surface area contributed by atoms with Crippen molar-refractivity contribution in [2.24, 2.45) is 5.73 Å². The maximum Gasteiger partial charge on any atom is 0.192 e. The summed E-state index contributed by atoms with van der Waals surface area (Å²) in [4.78, 5) is 14.3. The van der Waals surface area contributed by atoms with Crippen LogP contribution in [0.25, 0.3) is 10.9 Å². The molecule has 0 aliphatic carbocycles. The van der Waals surface area contributed by atoms with E-state index in [-0.39, 0.29) is 0 Å². The normalized spacial score (nSPS) is 10.9. The Morgan fingerprint density at radius 2 is 2.00 bits per heavy atom. The van der Waals surface area contributed by atoms with Crippen LogP contribution in [-0.4, -0.2) is 15.0 Å². The van der Waals surface area contributed by atoms with Crippen LogP contribution in [0.4, 0.5) is 0 Å². The maximum absolute atomic E-state index is 5.83. The fraction of sp³-hybridized carbons (Fsp3) is 0.133. The molecule has 3 aromatic rings. The minimum absolute atomic E-state index is 0.450. The summed E-state index contributed by atoms with van der Waals surface area (Å²) in [5.41, 5.74) is 8.76.